The van der Waals surface area contributed by atoms with Crippen molar-refractivity contribution in [3.63, 3.8) is 0 Å². The second-order valence-electron chi connectivity index (χ2n) is 6.27. The molecule has 0 amide bonds. The Bertz CT molecular complexity index is 1020. The molecule has 0 atom stereocenters. The summed E-state index contributed by atoms with van der Waals surface area (Å²) in [5, 5.41) is 2.64. The van der Waals surface area contributed by atoms with Gasteiger partial charge in [0.15, 0.2) is 0 Å². The van der Waals surface area contributed by atoms with E-state index in [1.54, 1.807) is 0 Å². The second kappa shape index (κ2) is 4.92. The average molecular weight is 299 g/mol. The van der Waals surface area contributed by atoms with Crippen molar-refractivity contribution in [3.05, 3.63) is 60.0 Å². The summed E-state index contributed by atoms with van der Waals surface area (Å²) >= 11 is 0. The molecule has 3 nitrogen and oxygen atoms in total. The fourth-order valence-corrected chi connectivity index (χ4v) is 3.94. The number of aryl methyl sites for hydroxylation is 1. The van der Waals surface area contributed by atoms with Gasteiger partial charge in [0.25, 0.3) is 0 Å². The molecule has 5 rings (SSSR count). The number of rotatable bonds is 1. The molecule has 1 aromatic carbocycles. The minimum absolute atomic E-state index is 1.09. The maximum absolute atomic E-state index is 4.47. The normalized spacial score (nSPS) is 14.3. The molecule has 0 spiro atoms. The standard InChI is InChI=1S/C20H17N3/c1-2-6-15-14(5-1)19-16-9-11-22-17(16)7-8-18(19)23-20(15)13-4-3-10-21-12-13/h3-4,7-12,23H,1-2,5-6H2. The van der Waals surface area contributed by atoms with Crippen molar-refractivity contribution in [2.45, 2.75) is 25.7 Å². The van der Waals surface area contributed by atoms with E-state index in [4.69, 9.17) is 0 Å². The number of pyridine rings is 2. The van der Waals surface area contributed by atoms with Crippen molar-refractivity contribution in [2.24, 2.45) is 0 Å². The minimum atomic E-state index is 1.09. The molecule has 0 unspecified atom stereocenters. The molecule has 4 aromatic rings. The number of nitrogens with one attached hydrogen (secondary N) is 1. The van der Waals surface area contributed by atoms with E-state index in [1.165, 1.54) is 51.5 Å². The molecule has 3 aromatic heterocycles. The first kappa shape index (κ1) is 12.8. The zero-order chi connectivity index (χ0) is 15.2. The molecule has 112 valence electrons. The molecule has 0 radical (unpaired) electrons. The molecule has 1 N–H and O–H groups in total. The third-order valence-electron chi connectivity index (χ3n) is 4.96. The van der Waals surface area contributed by atoms with Gasteiger partial charge >= 0.3 is 0 Å². The second-order valence-corrected chi connectivity index (χ2v) is 6.27. The lowest BCUT2D eigenvalue weighted by Gasteiger charge is -2.22. The van der Waals surface area contributed by atoms with E-state index >= 15 is 0 Å². The van der Waals surface area contributed by atoms with Gasteiger partial charge in [0.05, 0.1) is 11.2 Å². The van der Waals surface area contributed by atoms with Crippen LogP contribution in [0.3, 0.4) is 0 Å². The monoisotopic (exact) mass is 299 g/mol. The molecule has 3 heterocycles. The molecule has 1 aliphatic rings. The molecule has 0 aliphatic heterocycles. The van der Waals surface area contributed by atoms with Crippen LogP contribution >= 0.6 is 0 Å². The Morgan fingerprint density at radius 1 is 0.913 bits per heavy atom. The van der Waals surface area contributed by atoms with Gasteiger partial charge in [0.2, 0.25) is 0 Å². The first-order valence-corrected chi connectivity index (χ1v) is 8.23. The van der Waals surface area contributed by atoms with Crippen LogP contribution in [0, 0.1) is 0 Å². The van der Waals surface area contributed by atoms with Crippen LogP contribution in [-0.2, 0) is 12.8 Å². The van der Waals surface area contributed by atoms with Crippen molar-refractivity contribution in [1.29, 1.82) is 0 Å². The topological polar surface area (TPSA) is 41.6 Å². The highest BCUT2D eigenvalue weighted by Gasteiger charge is 2.20. The largest absolute Gasteiger partial charge is 0.354 e. The molecule has 0 saturated heterocycles. The van der Waals surface area contributed by atoms with Gasteiger partial charge in [0.1, 0.15) is 0 Å². The van der Waals surface area contributed by atoms with Crippen molar-refractivity contribution in [2.75, 3.05) is 0 Å². The van der Waals surface area contributed by atoms with Crippen molar-refractivity contribution < 1.29 is 0 Å². The lowest BCUT2D eigenvalue weighted by Crippen LogP contribution is -2.07. The Morgan fingerprint density at radius 2 is 1.83 bits per heavy atom. The van der Waals surface area contributed by atoms with E-state index in [0.717, 1.165) is 18.4 Å². The third-order valence-corrected chi connectivity index (χ3v) is 4.96. The smallest absolute Gasteiger partial charge is 0.0710 e. The molecule has 0 saturated carbocycles. The summed E-state index contributed by atoms with van der Waals surface area (Å²) in [6.45, 7) is 0. The summed E-state index contributed by atoms with van der Waals surface area (Å²) in [5.74, 6) is 0. The van der Waals surface area contributed by atoms with E-state index in [9.17, 15) is 0 Å². The summed E-state index contributed by atoms with van der Waals surface area (Å²) in [5.41, 5.74) is 7.66. The van der Waals surface area contributed by atoms with Crippen molar-refractivity contribution >= 4 is 21.8 Å². The maximum Gasteiger partial charge on any atom is 0.0710 e. The van der Waals surface area contributed by atoms with Gasteiger partial charge in [-0.2, -0.15) is 0 Å². The fraction of sp³-hybridized carbons (Fsp3) is 0.200. The Kier molecular flexibility index (Phi) is 2.74. The summed E-state index contributed by atoms with van der Waals surface area (Å²) < 4.78 is 0. The summed E-state index contributed by atoms with van der Waals surface area (Å²) in [6, 6.07) is 10.6. The van der Waals surface area contributed by atoms with Gasteiger partial charge in [-0.05, 0) is 67.1 Å². The lowest BCUT2D eigenvalue weighted by atomic mass is 9.86. The predicted molar refractivity (Wildman–Crippen MR) is 93.5 cm³/mol. The van der Waals surface area contributed by atoms with Gasteiger partial charge in [-0.1, -0.05) is 0 Å². The van der Waals surface area contributed by atoms with Crippen LogP contribution in [0.25, 0.3) is 33.1 Å². The van der Waals surface area contributed by atoms with Crippen LogP contribution < -0.4 is 0 Å². The number of benzene rings is 1. The zero-order valence-electron chi connectivity index (χ0n) is 12.8. The summed E-state index contributed by atoms with van der Waals surface area (Å²) in [7, 11) is 0. The van der Waals surface area contributed by atoms with Gasteiger partial charge in [-0.25, -0.2) is 0 Å². The molecular weight excluding hydrogens is 282 g/mol. The highest BCUT2D eigenvalue weighted by Crippen LogP contribution is 2.37. The molecule has 0 fully saturated rings. The van der Waals surface area contributed by atoms with Gasteiger partial charge in [-0.3, -0.25) is 9.97 Å². The molecular formula is C20H17N3. The third kappa shape index (κ3) is 1.89. The number of aromatic nitrogens is 3. The van der Waals surface area contributed by atoms with E-state index in [1.807, 2.05) is 24.7 Å². The Balaban J connectivity index is 1.92. The summed E-state index contributed by atoms with van der Waals surface area (Å²) in [6.07, 6.45) is 10.5. The predicted octanol–water partition coefficient (Wildman–Crippen LogP) is 4.66. The number of nitrogens with zero attached hydrogens (tertiary/aromatic N) is 2. The number of hydrogen-bond acceptors (Lipinski definition) is 2. The Morgan fingerprint density at radius 3 is 2.70 bits per heavy atom. The van der Waals surface area contributed by atoms with Crippen LogP contribution in [0.4, 0.5) is 0 Å². The van der Waals surface area contributed by atoms with Crippen LogP contribution in [0.1, 0.15) is 24.0 Å². The fourth-order valence-electron chi connectivity index (χ4n) is 3.94. The van der Waals surface area contributed by atoms with Crippen LogP contribution in [0.15, 0.2) is 48.9 Å². The summed E-state index contributed by atoms with van der Waals surface area (Å²) in [4.78, 5) is 12.5. The van der Waals surface area contributed by atoms with Crippen LogP contribution in [-0.4, -0.2) is 15.0 Å². The lowest BCUT2D eigenvalue weighted by molar-refractivity contribution is 0.689. The van der Waals surface area contributed by atoms with Gasteiger partial charge in [0, 0.05) is 40.4 Å². The maximum atomic E-state index is 4.47. The quantitative estimate of drug-likeness (QED) is 0.555. The first-order chi connectivity index (χ1) is 11.4. The Hall–Kier alpha value is -2.68. The molecule has 1 aliphatic carbocycles. The minimum Gasteiger partial charge on any atom is -0.354 e. The number of hydrogen-bond donors (Lipinski definition) is 1. The van der Waals surface area contributed by atoms with E-state index < -0.39 is 0 Å². The Labute approximate surface area is 134 Å². The van der Waals surface area contributed by atoms with Gasteiger partial charge < -0.3 is 4.98 Å². The molecule has 23 heavy (non-hydrogen) atoms. The average Bonchev–Trinajstić information content (AvgIpc) is 3.10. The van der Waals surface area contributed by atoms with Crippen molar-refractivity contribution in [1.82, 2.24) is 15.0 Å². The SMILES string of the molecule is c1cncc(-c2[nH]c3ccc4nccc4c3c3c2CCCC3)c1. The molecule has 3 heteroatoms. The van der Waals surface area contributed by atoms with Crippen molar-refractivity contribution in [3.8, 4) is 11.3 Å². The number of H-pyrrole nitrogens is 1. The number of fused-ring (bicyclic) bond motifs is 5. The number of aromatic amines is 1. The van der Waals surface area contributed by atoms with E-state index in [0.29, 0.717) is 0 Å². The highest BCUT2D eigenvalue weighted by molar-refractivity contribution is 6.08. The van der Waals surface area contributed by atoms with Crippen LogP contribution in [0.5, 0.6) is 0 Å². The van der Waals surface area contributed by atoms with E-state index in [-0.39, 0.29) is 0 Å². The highest BCUT2D eigenvalue weighted by atomic mass is 14.7. The van der Waals surface area contributed by atoms with Gasteiger partial charge in [-0.15, -0.1) is 0 Å². The van der Waals surface area contributed by atoms with E-state index in [2.05, 4.69) is 39.2 Å². The first-order valence-electron chi connectivity index (χ1n) is 8.23. The van der Waals surface area contributed by atoms with Crippen LogP contribution in [0.2, 0.25) is 0 Å². The molecule has 0 bridgehead atoms. The zero-order valence-corrected chi connectivity index (χ0v) is 12.8.